The van der Waals surface area contributed by atoms with Crippen molar-refractivity contribution >= 4 is 33.0 Å². The monoisotopic (exact) mass is 321 g/mol. The molecule has 0 aliphatic rings. The van der Waals surface area contributed by atoms with Crippen LogP contribution in [-0.4, -0.2) is 8.42 Å². The van der Waals surface area contributed by atoms with E-state index in [9.17, 15) is 8.42 Å². The van der Waals surface area contributed by atoms with Gasteiger partial charge in [0.05, 0.1) is 27.2 Å². The summed E-state index contributed by atoms with van der Waals surface area (Å²) in [6.45, 7) is 1.78. The number of nitrogens with one attached hydrogen (secondary N) is 1. The second-order valence-electron chi connectivity index (χ2n) is 4.43. The van der Waals surface area contributed by atoms with Crippen molar-refractivity contribution in [3.05, 3.63) is 52.5 Å². The second kappa shape index (κ2) is 5.64. The van der Waals surface area contributed by atoms with E-state index in [1.54, 1.807) is 13.0 Å². The summed E-state index contributed by atoms with van der Waals surface area (Å²) in [5.74, 6) is 0. The number of nitrogens with two attached hydrogens (primary N) is 1. The summed E-state index contributed by atoms with van der Waals surface area (Å²) in [6.07, 6.45) is 0. The van der Waals surface area contributed by atoms with E-state index in [1.165, 1.54) is 30.3 Å². The fourth-order valence-electron chi connectivity index (χ4n) is 1.66. The van der Waals surface area contributed by atoms with Gasteiger partial charge in [-0.25, -0.2) is 8.42 Å². The minimum atomic E-state index is -3.82. The topological polar surface area (TPSA) is 96.0 Å². The van der Waals surface area contributed by atoms with E-state index in [0.29, 0.717) is 11.3 Å². The quantitative estimate of drug-likeness (QED) is 0.849. The van der Waals surface area contributed by atoms with Gasteiger partial charge in [-0.1, -0.05) is 17.7 Å². The molecule has 0 saturated heterocycles. The summed E-state index contributed by atoms with van der Waals surface area (Å²) in [6, 6.07) is 10.7. The van der Waals surface area contributed by atoms with E-state index in [4.69, 9.17) is 22.6 Å². The summed E-state index contributed by atoms with van der Waals surface area (Å²) in [5.41, 5.74) is 7.35. The molecule has 5 nitrogen and oxygen atoms in total. The Labute approximate surface area is 128 Å². The van der Waals surface area contributed by atoms with Crippen molar-refractivity contribution in [2.24, 2.45) is 0 Å². The third-order valence-electron chi connectivity index (χ3n) is 2.90. The number of hydrogen-bond donors (Lipinski definition) is 2. The first-order chi connectivity index (χ1) is 9.83. The first-order valence-corrected chi connectivity index (χ1v) is 7.78. The lowest BCUT2D eigenvalue weighted by Crippen LogP contribution is -2.14. The number of nitrogens with zero attached hydrogens (tertiary/aromatic N) is 1. The molecule has 0 aromatic heterocycles. The molecule has 0 amide bonds. The van der Waals surface area contributed by atoms with E-state index in [2.05, 4.69) is 4.72 Å². The molecule has 21 heavy (non-hydrogen) atoms. The normalized spacial score (nSPS) is 10.9. The van der Waals surface area contributed by atoms with Crippen molar-refractivity contribution in [2.75, 3.05) is 10.5 Å². The Bertz CT molecular complexity index is 842. The zero-order valence-electron chi connectivity index (χ0n) is 11.1. The van der Waals surface area contributed by atoms with Crippen molar-refractivity contribution in [3.8, 4) is 6.07 Å². The number of nitriles is 1. The van der Waals surface area contributed by atoms with E-state index < -0.39 is 10.0 Å². The molecular weight excluding hydrogens is 310 g/mol. The smallest absolute Gasteiger partial charge is 0.262 e. The van der Waals surface area contributed by atoms with Crippen molar-refractivity contribution in [2.45, 2.75) is 11.8 Å². The van der Waals surface area contributed by atoms with Gasteiger partial charge in [0.15, 0.2) is 0 Å². The predicted octanol–water partition coefficient (Wildman–Crippen LogP) is 2.90. The Kier molecular flexibility index (Phi) is 4.07. The van der Waals surface area contributed by atoms with E-state index >= 15 is 0 Å². The summed E-state index contributed by atoms with van der Waals surface area (Å²) in [4.78, 5) is 0.0315. The van der Waals surface area contributed by atoms with Gasteiger partial charge in [-0.15, -0.1) is 0 Å². The van der Waals surface area contributed by atoms with Crippen LogP contribution in [-0.2, 0) is 10.0 Å². The molecule has 0 radical (unpaired) electrons. The molecule has 108 valence electrons. The molecular formula is C14H12ClN3O2S. The molecule has 0 bridgehead atoms. The minimum Gasteiger partial charge on any atom is -0.398 e. The van der Waals surface area contributed by atoms with E-state index in [1.807, 2.05) is 6.07 Å². The van der Waals surface area contributed by atoms with Crippen LogP contribution in [0.25, 0.3) is 0 Å². The SMILES string of the molecule is Cc1ccc(S(=O)(=O)Nc2cc(C#N)ccc2Cl)cc1N. The van der Waals surface area contributed by atoms with Crippen LogP contribution in [0.4, 0.5) is 11.4 Å². The lowest BCUT2D eigenvalue weighted by Gasteiger charge is -2.11. The van der Waals surface area contributed by atoms with Crippen LogP contribution in [0.5, 0.6) is 0 Å². The molecule has 0 aliphatic carbocycles. The van der Waals surface area contributed by atoms with Gasteiger partial charge in [0.2, 0.25) is 0 Å². The highest BCUT2D eigenvalue weighted by molar-refractivity contribution is 7.92. The van der Waals surface area contributed by atoms with Crippen molar-refractivity contribution in [1.29, 1.82) is 5.26 Å². The van der Waals surface area contributed by atoms with Crippen LogP contribution in [0.2, 0.25) is 5.02 Å². The third kappa shape index (κ3) is 3.27. The average molecular weight is 322 g/mol. The number of benzene rings is 2. The van der Waals surface area contributed by atoms with E-state index in [0.717, 1.165) is 5.56 Å². The number of nitrogen functional groups attached to an aromatic ring is 1. The highest BCUT2D eigenvalue weighted by Gasteiger charge is 2.17. The van der Waals surface area contributed by atoms with E-state index in [-0.39, 0.29) is 15.6 Å². The third-order valence-corrected chi connectivity index (χ3v) is 4.59. The van der Waals surface area contributed by atoms with Gasteiger partial charge in [0.25, 0.3) is 10.0 Å². The molecule has 7 heteroatoms. The summed E-state index contributed by atoms with van der Waals surface area (Å²) in [5, 5.41) is 9.05. The Morgan fingerprint density at radius 3 is 2.57 bits per heavy atom. The fourth-order valence-corrected chi connectivity index (χ4v) is 2.99. The van der Waals surface area contributed by atoms with Gasteiger partial charge < -0.3 is 5.73 Å². The summed E-state index contributed by atoms with van der Waals surface area (Å²) in [7, 11) is -3.82. The highest BCUT2D eigenvalue weighted by atomic mass is 35.5. The lowest BCUT2D eigenvalue weighted by molar-refractivity contribution is 0.601. The largest absolute Gasteiger partial charge is 0.398 e. The van der Waals surface area contributed by atoms with Gasteiger partial charge in [0, 0.05) is 5.69 Å². The van der Waals surface area contributed by atoms with Crippen LogP contribution >= 0.6 is 11.6 Å². The summed E-state index contributed by atoms with van der Waals surface area (Å²) >= 11 is 5.94. The number of sulfonamides is 1. The molecule has 2 aromatic rings. The molecule has 0 fully saturated rings. The number of aryl methyl sites for hydroxylation is 1. The second-order valence-corrected chi connectivity index (χ2v) is 6.52. The van der Waals surface area contributed by atoms with Gasteiger partial charge in [0.1, 0.15) is 0 Å². The van der Waals surface area contributed by atoms with Crippen LogP contribution in [0.3, 0.4) is 0 Å². The Hall–Kier alpha value is -2.23. The zero-order valence-corrected chi connectivity index (χ0v) is 12.7. The lowest BCUT2D eigenvalue weighted by atomic mass is 10.2. The molecule has 3 N–H and O–H groups in total. The van der Waals surface area contributed by atoms with Crippen molar-refractivity contribution < 1.29 is 8.42 Å². The van der Waals surface area contributed by atoms with Crippen molar-refractivity contribution in [3.63, 3.8) is 0 Å². The molecule has 0 atom stereocenters. The first kappa shape index (κ1) is 15.2. The van der Waals surface area contributed by atoms with Crippen LogP contribution < -0.4 is 10.5 Å². The number of halogens is 1. The number of anilines is 2. The zero-order chi connectivity index (χ0) is 15.6. The predicted molar refractivity (Wildman–Crippen MR) is 82.6 cm³/mol. The average Bonchev–Trinajstić information content (AvgIpc) is 2.44. The first-order valence-electron chi connectivity index (χ1n) is 5.92. The molecule has 2 rings (SSSR count). The fraction of sp³-hybridized carbons (Fsp3) is 0.0714. The maximum atomic E-state index is 12.3. The number of hydrogen-bond acceptors (Lipinski definition) is 4. The van der Waals surface area contributed by atoms with Gasteiger partial charge in [-0.3, -0.25) is 4.72 Å². The Morgan fingerprint density at radius 1 is 1.24 bits per heavy atom. The maximum Gasteiger partial charge on any atom is 0.262 e. The standard InChI is InChI=1S/C14H12ClN3O2S/c1-9-2-4-11(7-13(9)17)21(19,20)18-14-6-10(8-16)3-5-12(14)15/h2-7,18H,17H2,1H3. The van der Waals surface area contributed by atoms with Gasteiger partial charge in [-0.05, 0) is 42.8 Å². The maximum absolute atomic E-state index is 12.3. The molecule has 0 spiro atoms. The summed E-state index contributed by atoms with van der Waals surface area (Å²) < 4.78 is 27.0. The van der Waals surface area contributed by atoms with Crippen LogP contribution in [0.15, 0.2) is 41.3 Å². The minimum absolute atomic E-state index is 0.0315. The van der Waals surface area contributed by atoms with Crippen LogP contribution in [0, 0.1) is 18.3 Å². The molecule has 0 heterocycles. The molecule has 2 aromatic carbocycles. The Balaban J connectivity index is 2.42. The molecule has 0 unspecified atom stereocenters. The molecule has 0 saturated carbocycles. The van der Waals surface area contributed by atoms with Gasteiger partial charge in [-0.2, -0.15) is 5.26 Å². The number of rotatable bonds is 3. The van der Waals surface area contributed by atoms with Crippen molar-refractivity contribution in [1.82, 2.24) is 0 Å². The highest BCUT2D eigenvalue weighted by Crippen LogP contribution is 2.26. The van der Waals surface area contributed by atoms with Gasteiger partial charge >= 0.3 is 0 Å². The molecule has 0 aliphatic heterocycles. The van der Waals surface area contributed by atoms with Crippen LogP contribution in [0.1, 0.15) is 11.1 Å². The Morgan fingerprint density at radius 2 is 1.95 bits per heavy atom.